The number of benzene rings is 3. The second-order valence-corrected chi connectivity index (χ2v) is 14.4. The first-order valence-electron chi connectivity index (χ1n) is 18.2. The Kier molecular flexibility index (Phi) is 14.7. The van der Waals surface area contributed by atoms with E-state index in [4.69, 9.17) is 15.2 Å². The Balaban J connectivity index is 1.50. The summed E-state index contributed by atoms with van der Waals surface area (Å²) in [6, 6.07) is 20.1. The Morgan fingerprint density at radius 1 is 0.611 bits per heavy atom. The molecule has 288 valence electrons. The highest BCUT2D eigenvalue weighted by molar-refractivity contribution is 5.95. The summed E-state index contributed by atoms with van der Waals surface area (Å²) in [6.45, 7) is 8.16. The first-order chi connectivity index (χ1) is 25.7. The third-order valence-electron chi connectivity index (χ3n) is 9.03. The molecule has 54 heavy (non-hydrogen) atoms. The number of primary amides is 1. The molecule has 5 amide bonds. The molecule has 0 aromatic heterocycles. The van der Waals surface area contributed by atoms with Crippen molar-refractivity contribution in [3.05, 3.63) is 95.6 Å². The highest BCUT2D eigenvalue weighted by Gasteiger charge is 2.33. The molecule has 0 spiro atoms. The number of nitrogens with two attached hydrogens (primary N) is 1. The maximum Gasteiger partial charge on any atom is 0.407 e. The first kappa shape index (κ1) is 41.0. The number of carbonyl (C=O) groups is 6. The van der Waals surface area contributed by atoms with Gasteiger partial charge in [-0.2, -0.15) is 0 Å². The molecule has 0 heterocycles. The predicted octanol–water partition coefficient (Wildman–Crippen LogP) is 3.73. The molecule has 0 unspecified atom stereocenters. The van der Waals surface area contributed by atoms with Crippen LogP contribution in [0.3, 0.4) is 0 Å². The summed E-state index contributed by atoms with van der Waals surface area (Å²) < 4.78 is 10.8. The van der Waals surface area contributed by atoms with E-state index < -0.39 is 66.5 Å². The van der Waals surface area contributed by atoms with Gasteiger partial charge >= 0.3 is 12.1 Å². The Morgan fingerprint density at radius 2 is 1.09 bits per heavy atom. The topological polar surface area (TPSA) is 195 Å². The van der Waals surface area contributed by atoms with Gasteiger partial charge in [-0.3, -0.25) is 24.0 Å². The molecule has 0 saturated heterocycles. The summed E-state index contributed by atoms with van der Waals surface area (Å²) in [5.74, 6) is -3.85. The molecule has 3 aromatic rings. The van der Waals surface area contributed by atoms with Crippen molar-refractivity contribution in [2.45, 2.75) is 84.0 Å². The van der Waals surface area contributed by atoms with Crippen LogP contribution >= 0.6 is 0 Å². The third-order valence-corrected chi connectivity index (χ3v) is 9.03. The van der Waals surface area contributed by atoms with Gasteiger partial charge in [0.05, 0.1) is 0 Å². The number of esters is 1. The SMILES string of the molecule is CC(=O)OC[C@H](NC(=O)[C@H](Cc1ccccc1)NC(=O)[C@H](CC(C)C)NC(=O)OCC1c2ccccc2-c2ccccc21)C(=O)N[C@@H](CC(C)C)C(N)=O. The Morgan fingerprint density at radius 3 is 1.65 bits per heavy atom. The fraction of sp³-hybridized carbons (Fsp3) is 0.415. The van der Waals surface area contributed by atoms with Crippen molar-refractivity contribution in [3.63, 3.8) is 0 Å². The van der Waals surface area contributed by atoms with Gasteiger partial charge in [0, 0.05) is 19.3 Å². The summed E-state index contributed by atoms with van der Waals surface area (Å²) in [5.41, 5.74) is 10.5. The molecule has 1 aliphatic rings. The zero-order chi connectivity index (χ0) is 39.4. The van der Waals surface area contributed by atoms with E-state index in [1.165, 1.54) is 0 Å². The summed E-state index contributed by atoms with van der Waals surface area (Å²) in [7, 11) is 0. The first-order valence-corrected chi connectivity index (χ1v) is 18.2. The molecule has 0 fully saturated rings. The predicted molar refractivity (Wildman–Crippen MR) is 203 cm³/mol. The number of ether oxygens (including phenoxy) is 2. The summed E-state index contributed by atoms with van der Waals surface area (Å²) in [6.07, 6.45) is -0.282. The Bertz CT molecular complexity index is 1750. The fourth-order valence-corrected chi connectivity index (χ4v) is 6.46. The van der Waals surface area contributed by atoms with Gasteiger partial charge in [-0.1, -0.05) is 107 Å². The summed E-state index contributed by atoms with van der Waals surface area (Å²) in [4.78, 5) is 78.2. The lowest BCUT2D eigenvalue weighted by molar-refractivity contribution is -0.144. The molecule has 0 aliphatic heterocycles. The van der Waals surface area contributed by atoms with Crippen LogP contribution in [0.5, 0.6) is 0 Å². The van der Waals surface area contributed by atoms with Crippen LogP contribution in [0.4, 0.5) is 4.79 Å². The molecule has 13 nitrogen and oxygen atoms in total. The van der Waals surface area contributed by atoms with Crippen LogP contribution in [0, 0.1) is 11.8 Å². The lowest BCUT2D eigenvalue weighted by Crippen LogP contribution is -2.59. The Labute approximate surface area is 316 Å². The lowest BCUT2D eigenvalue weighted by atomic mass is 9.98. The van der Waals surface area contributed by atoms with Crippen LogP contribution in [0.15, 0.2) is 78.9 Å². The minimum absolute atomic E-state index is 0.00981. The average Bonchev–Trinajstić information content (AvgIpc) is 3.44. The number of carbonyl (C=O) groups excluding carboxylic acids is 6. The van der Waals surface area contributed by atoms with Gasteiger partial charge < -0.3 is 36.5 Å². The number of hydrogen-bond acceptors (Lipinski definition) is 8. The zero-order valence-electron chi connectivity index (χ0n) is 31.4. The van der Waals surface area contributed by atoms with Gasteiger partial charge in [0.25, 0.3) is 0 Å². The van der Waals surface area contributed by atoms with Crippen molar-refractivity contribution < 1.29 is 38.2 Å². The van der Waals surface area contributed by atoms with E-state index in [-0.39, 0.29) is 43.6 Å². The molecule has 13 heteroatoms. The van der Waals surface area contributed by atoms with Crippen LogP contribution < -0.4 is 27.0 Å². The number of rotatable bonds is 18. The lowest BCUT2D eigenvalue weighted by Gasteiger charge is -2.27. The zero-order valence-corrected chi connectivity index (χ0v) is 31.4. The van der Waals surface area contributed by atoms with E-state index in [2.05, 4.69) is 21.3 Å². The molecule has 0 bridgehead atoms. The standard InChI is InChI=1S/C41H51N5O8/c1-24(2)19-33(37(42)48)43-40(51)36(23-53-26(5)47)45-39(50)35(21-27-13-7-6-8-14-27)44-38(49)34(20-25(3)4)46-41(52)54-22-32-30-17-11-9-15-28(30)29-16-10-12-18-31(29)32/h6-18,24-25,32-36H,19-23H2,1-5H3,(H2,42,48)(H,43,51)(H,44,49)(H,45,50)(H,46,52)/t33-,34-,35-,36-/m0/s1. The highest BCUT2D eigenvalue weighted by Crippen LogP contribution is 2.44. The second-order valence-electron chi connectivity index (χ2n) is 14.4. The number of fused-ring (bicyclic) bond motifs is 3. The van der Waals surface area contributed by atoms with Crippen LogP contribution in [-0.2, 0) is 39.9 Å². The minimum Gasteiger partial charge on any atom is -0.463 e. The fourth-order valence-electron chi connectivity index (χ4n) is 6.46. The van der Waals surface area contributed by atoms with Crippen molar-refractivity contribution in [1.82, 2.24) is 21.3 Å². The van der Waals surface area contributed by atoms with Gasteiger partial charge in [0.2, 0.25) is 23.6 Å². The average molecular weight is 742 g/mol. The molecular weight excluding hydrogens is 690 g/mol. The molecule has 3 aromatic carbocycles. The van der Waals surface area contributed by atoms with E-state index >= 15 is 0 Å². The number of hydrogen-bond donors (Lipinski definition) is 5. The largest absolute Gasteiger partial charge is 0.463 e. The molecule has 1 aliphatic carbocycles. The normalized spacial score (nSPS) is 14.1. The van der Waals surface area contributed by atoms with E-state index in [9.17, 15) is 28.8 Å². The molecule has 6 N–H and O–H groups in total. The highest BCUT2D eigenvalue weighted by atomic mass is 16.5. The van der Waals surface area contributed by atoms with Crippen molar-refractivity contribution in [2.75, 3.05) is 13.2 Å². The Hall–Kier alpha value is -5.72. The maximum atomic E-state index is 13.9. The van der Waals surface area contributed by atoms with Gasteiger partial charge in [0.15, 0.2) is 0 Å². The number of amides is 5. The van der Waals surface area contributed by atoms with E-state index in [1.54, 1.807) is 30.3 Å². The maximum absolute atomic E-state index is 13.9. The second kappa shape index (κ2) is 19.4. The number of nitrogens with one attached hydrogen (secondary N) is 4. The van der Waals surface area contributed by atoms with Crippen LogP contribution in [0.1, 0.15) is 70.1 Å². The van der Waals surface area contributed by atoms with E-state index in [0.29, 0.717) is 5.56 Å². The van der Waals surface area contributed by atoms with Gasteiger partial charge in [-0.25, -0.2) is 4.79 Å². The van der Waals surface area contributed by atoms with Crippen molar-refractivity contribution in [1.29, 1.82) is 0 Å². The van der Waals surface area contributed by atoms with Crippen LogP contribution in [-0.4, -0.2) is 73.1 Å². The number of alkyl carbamates (subject to hydrolysis) is 1. The van der Waals surface area contributed by atoms with Crippen molar-refractivity contribution >= 4 is 35.7 Å². The molecule has 0 radical (unpaired) electrons. The summed E-state index contributed by atoms with van der Waals surface area (Å²) >= 11 is 0. The third kappa shape index (κ3) is 11.6. The van der Waals surface area contributed by atoms with Crippen molar-refractivity contribution in [3.8, 4) is 11.1 Å². The molecule has 0 saturated carbocycles. The smallest absolute Gasteiger partial charge is 0.407 e. The molecular formula is C41H51N5O8. The van der Waals surface area contributed by atoms with Gasteiger partial charge in [-0.05, 0) is 52.5 Å². The monoisotopic (exact) mass is 741 g/mol. The summed E-state index contributed by atoms with van der Waals surface area (Å²) in [5, 5.41) is 10.6. The van der Waals surface area contributed by atoms with Gasteiger partial charge in [-0.15, -0.1) is 0 Å². The van der Waals surface area contributed by atoms with Crippen molar-refractivity contribution in [2.24, 2.45) is 17.6 Å². The quantitative estimate of drug-likeness (QED) is 0.122. The van der Waals surface area contributed by atoms with E-state index in [1.807, 2.05) is 76.2 Å². The molecule has 4 atom stereocenters. The minimum atomic E-state index is -1.42. The van der Waals surface area contributed by atoms with Crippen LogP contribution in [0.25, 0.3) is 11.1 Å². The molecule has 4 rings (SSSR count). The van der Waals surface area contributed by atoms with Gasteiger partial charge in [0.1, 0.15) is 37.4 Å². The van der Waals surface area contributed by atoms with E-state index in [0.717, 1.165) is 29.2 Å². The van der Waals surface area contributed by atoms with Crippen LogP contribution in [0.2, 0.25) is 0 Å².